The summed E-state index contributed by atoms with van der Waals surface area (Å²) in [6.45, 7) is 0.674. The van der Waals surface area contributed by atoms with Gasteiger partial charge in [-0.2, -0.15) is 5.06 Å². The molecule has 2 unspecified atom stereocenters. The number of nitrogens with zero attached hydrogens (tertiary/aromatic N) is 1. The minimum atomic E-state index is -0.491. The summed E-state index contributed by atoms with van der Waals surface area (Å²) in [7, 11) is 1.67. The van der Waals surface area contributed by atoms with E-state index in [1.807, 2.05) is 41.5 Å². The zero-order valence-corrected chi connectivity index (χ0v) is 11.6. The van der Waals surface area contributed by atoms with Crippen LogP contribution < -0.4 is 0 Å². The van der Waals surface area contributed by atoms with Gasteiger partial charge in [0, 0.05) is 6.54 Å². The highest BCUT2D eigenvalue weighted by molar-refractivity contribution is 5.35. The highest BCUT2D eigenvalue weighted by Gasteiger charge is 2.35. The van der Waals surface area contributed by atoms with Gasteiger partial charge >= 0.3 is 0 Å². The van der Waals surface area contributed by atoms with Crippen LogP contribution in [0, 0.1) is 0 Å². The molecule has 0 saturated carbocycles. The molecule has 1 aliphatic carbocycles. The van der Waals surface area contributed by atoms with Gasteiger partial charge in [-0.1, -0.05) is 54.6 Å². The van der Waals surface area contributed by atoms with Crippen molar-refractivity contribution in [1.82, 2.24) is 5.06 Å². The Morgan fingerprint density at radius 3 is 2.50 bits per heavy atom. The molecule has 0 heterocycles. The molecule has 1 aliphatic rings. The van der Waals surface area contributed by atoms with E-state index in [-0.39, 0.29) is 6.04 Å². The quantitative estimate of drug-likeness (QED) is 0.866. The molecule has 0 fully saturated rings. The monoisotopic (exact) mass is 269 g/mol. The standard InChI is InChI=1S/C17H19NO2/c1-20-18(12-13-7-3-2-4-8-13)16-11-14-9-5-6-10-15(14)17(16)19/h2-10,16-17,19H,11-12H2,1H3. The van der Waals surface area contributed by atoms with Crippen LogP contribution in [-0.4, -0.2) is 23.3 Å². The highest BCUT2D eigenvalue weighted by atomic mass is 16.7. The molecule has 20 heavy (non-hydrogen) atoms. The van der Waals surface area contributed by atoms with Gasteiger partial charge in [-0.15, -0.1) is 0 Å². The van der Waals surface area contributed by atoms with E-state index >= 15 is 0 Å². The van der Waals surface area contributed by atoms with Gasteiger partial charge in [0.05, 0.1) is 19.3 Å². The van der Waals surface area contributed by atoms with Gasteiger partial charge in [0.1, 0.15) is 0 Å². The molecule has 3 nitrogen and oxygen atoms in total. The molecular formula is C17H19NO2. The number of hydrogen-bond acceptors (Lipinski definition) is 3. The van der Waals surface area contributed by atoms with Crippen molar-refractivity contribution in [2.45, 2.75) is 25.1 Å². The fourth-order valence-electron chi connectivity index (χ4n) is 2.89. The third kappa shape index (κ3) is 2.48. The van der Waals surface area contributed by atoms with E-state index in [4.69, 9.17) is 4.84 Å². The maximum Gasteiger partial charge on any atom is 0.0974 e. The number of benzene rings is 2. The lowest BCUT2D eigenvalue weighted by molar-refractivity contribution is -0.188. The Morgan fingerprint density at radius 1 is 1.10 bits per heavy atom. The van der Waals surface area contributed by atoms with Crippen molar-refractivity contribution in [3.05, 3.63) is 71.3 Å². The van der Waals surface area contributed by atoms with Gasteiger partial charge in [0.15, 0.2) is 0 Å². The van der Waals surface area contributed by atoms with Gasteiger partial charge in [-0.3, -0.25) is 0 Å². The molecule has 3 heteroatoms. The molecular weight excluding hydrogens is 250 g/mol. The third-order valence-electron chi connectivity index (χ3n) is 3.95. The van der Waals surface area contributed by atoms with Gasteiger partial charge in [-0.05, 0) is 23.1 Å². The summed E-state index contributed by atoms with van der Waals surface area (Å²) in [5, 5.41) is 12.4. The predicted molar refractivity (Wildman–Crippen MR) is 77.9 cm³/mol. The summed E-state index contributed by atoms with van der Waals surface area (Å²) in [5.41, 5.74) is 3.41. The maximum atomic E-state index is 10.5. The van der Waals surface area contributed by atoms with Crippen molar-refractivity contribution in [3.63, 3.8) is 0 Å². The van der Waals surface area contributed by atoms with Crippen LogP contribution in [0.3, 0.4) is 0 Å². The smallest absolute Gasteiger partial charge is 0.0974 e. The van der Waals surface area contributed by atoms with Gasteiger partial charge in [0.2, 0.25) is 0 Å². The molecule has 0 aromatic heterocycles. The third-order valence-corrected chi connectivity index (χ3v) is 3.95. The maximum absolute atomic E-state index is 10.5. The van der Waals surface area contributed by atoms with Crippen LogP contribution in [0.25, 0.3) is 0 Å². The number of fused-ring (bicyclic) bond motifs is 1. The SMILES string of the molecule is CON(Cc1ccccc1)C1Cc2ccccc2C1O. The molecule has 1 N–H and O–H groups in total. The summed E-state index contributed by atoms with van der Waals surface area (Å²) < 4.78 is 0. The average Bonchev–Trinajstić information content (AvgIpc) is 2.83. The van der Waals surface area contributed by atoms with E-state index < -0.39 is 6.10 Å². The van der Waals surface area contributed by atoms with E-state index in [0.717, 1.165) is 12.0 Å². The topological polar surface area (TPSA) is 32.7 Å². The summed E-state index contributed by atoms with van der Waals surface area (Å²) in [5.74, 6) is 0. The van der Waals surface area contributed by atoms with Crippen molar-refractivity contribution < 1.29 is 9.94 Å². The van der Waals surface area contributed by atoms with Crippen molar-refractivity contribution in [2.24, 2.45) is 0 Å². The summed E-state index contributed by atoms with van der Waals surface area (Å²) in [6, 6.07) is 18.2. The molecule has 104 valence electrons. The van der Waals surface area contributed by atoms with Crippen LogP contribution in [0.5, 0.6) is 0 Å². The first-order valence-corrected chi connectivity index (χ1v) is 6.90. The first-order valence-electron chi connectivity index (χ1n) is 6.90. The Balaban J connectivity index is 1.78. The number of hydroxylamine groups is 2. The molecule has 0 bridgehead atoms. The molecule has 0 spiro atoms. The van der Waals surface area contributed by atoms with Crippen molar-refractivity contribution in [1.29, 1.82) is 0 Å². The lowest BCUT2D eigenvalue weighted by Crippen LogP contribution is -2.37. The highest BCUT2D eigenvalue weighted by Crippen LogP contribution is 2.34. The number of hydrogen-bond donors (Lipinski definition) is 1. The second-order valence-electron chi connectivity index (χ2n) is 5.16. The Labute approximate surface area is 119 Å². The Hall–Kier alpha value is -1.68. The van der Waals surface area contributed by atoms with E-state index in [1.165, 1.54) is 11.1 Å². The summed E-state index contributed by atoms with van der Waals surface area (Å²) in [4.78, 5) is 5.51. The summed E-state index contributed by atoms with van der Waals surface area (Å²) in [6.07, 6.45) is 0.327. The summed E-state index contributed by atoms with van der Waals surface area (Å²) >= 11 is 0. The van der Waals surface area contributed by atoms with Crippen molar-refractivity contribution >= 4 is 0 Å². The first kappa shape index (κ1) is 13.3. The van der Waals surface area contributed by atoms with E-state index in [1.54, 1.807) is 7.11 Å². The van der Waals surface area contributed by atoms with Crippen LogP contribution in [0.1, 0.15) is 22.8 Å². The van der Waals surface area contributed by atoms with E-state index in [2.05, 4.69) is 18.2 Å². The van der Waals surface area contributed by atoms with Gasteiger partial charge in [0.25, 0.3) is 0 Å². The number of aliphatic hydroxyl groups is 1. The van der Waals surface area contributed by atoms with E-state index in [0.29, 0.717) is 6.54 Å². The van der Waals surface area contributed by atoms with Crippen molar-refractivity contribution in [2.75, 3.05) is 7.11 Å². The molecule has 3 rings (SSSR count). The Kier molecular flexibility index (Phi) is 3.83. The molecule has 0 radical (unpaired) electrons. The Morgan fingerprint density at radius 2 is 1.80 bits per heavy atom. The minimum absolute atomic E-state index is 0.0300. The van der Waals surface area contributed by atoms with Crippen molar-refractivity contribution in [3.8, 4) is 0 Å². The average molecular weight is 269 g/mol. The number of aliphatic hydroxyl groups excluding tert-OH is 1. The molecule has 0 amide bonds. The fraction of sp³-hybridized carbons (Fsp3) is 0.294. The molecule has 0 aliphatic heterocycles. The molecule has 0 saturated heterocycles. The second kappa shape index (κ2) is 5.75. The van der Waals surface area contributed by atoms with Crippen LogP contribution in [0.4, 0.5) is 0 Å². The molecule has 2 aromatic rings. The number of rotatable bonds is 4. The Bertz CT molecular complexity index is 570. The largest absolute Gasteiger partial charge is 0.387 e. The van der Waals surface area contributed by atoms with Gasteiger partial charge in [-0.25, -0.2) is 0 Å². The van der Waals surface area contributed by atoms with Crippen LogP contribution >= 0.6 is 0 Å². The zero-order chi connectivity index (χ0) is 13.9. The predicted octanol–water partition coefficient (Wildman–Crippen LogP) is 2.71. The normalized spacial score (nSPS) is 21.1. The zero-order valence-electron chi connectivity index (χ0n) is 11.6. The van der Waals surface area contributed by atoms with Crippen LogP contribution in [0.15, 0.2) is 54.6 Å². The minimum Gasteiger partial charge on any atom is -0.387 e. The van der Waals surface area contributed by atoms with Crippen LogP contribution in [-0.2, 0) is 17.8 Å². The lowest BCUT2D eigenvalue weighted by atomic mass is 10.1. The molecule has 2 atom stereocenters. The second-order valence-corrected chi connectivity index (χ2v) is 5.16. The first-order chi connectivity index (χ1) is 9.79. The van der Waals surface area contributed by atoms with Gasteiger partial charge < -0.3 is 9.94 Å². The molecule has 2 aromatic carbocycles. The van der Waals surface area contributed by atoms with Crippen LogP contribution in [0.2, 0.25) is 0 Å². The van der Waals surface area contributed by atoms with E-state index in [9.17, 15) is 5.11 Å². The fourth-order valence-corrected chi connectivity index (χ4v) is 2.89. The lowest BCUT2D eigenvalue weighted by Gasteiger charge is -2.28.